The van der Waals surface area contributed by atoms with E-state index >= 15 is 0 Å². The number of nitrogens with two attached hydrogens (primary N) is 1. The van der Waals surface area contributed by atoms with Crippen LogP contribution in [-0.2, 0) is 25.6 Å². The van der Waals surface area contributed by atoms with Crippen LogP contribution in [0.1, 0.15) is 32.3 Å². The second-order valence-corrected chi connectivity index (χ2v) is 13.3. The fraction of sp³-hybridized carbons (Fsp3) is 0.406. The Labute approximate surface area is 276 Å². The predicted octanol–water partition coefficient (Wildman–Crippen LogP) is 1.75. The number of fused-ring (bicyclic) bond motifs is 1. The molecule has 0 aliphatic rings. The molecule has 0 radical (unpaired) electrons. The number of carbonyl (C=O) groups excluding carboxylic acids is 4. The van der Waals surface area contributed by atoms with Gasteiger partial charge in [0.25, 0.3) is 0 Å². The van der Waals surface area contributed by atoms with Crippen molar-refractivity contribution >= 4 is 61.9 Å². The average Bonchev–Trinajstić information content (AvgIpc) is 3.04. The Morgan fingerprint density at radius 3 is 2.15 bits per heavy atom. The summed E-state index contributed by atoms with van der Waals surface area (Å²) in [5.41, 5.74) is 7.34. The number of benzene rings is 2. The van der Waals surface area contributed by atoms with Crippen molar-refractivity contribution in [2.45, 2.75) is 63.4 Å². The second kappa shape index (κ2) is 19.0. The lowest BCUT2D eigenvalue weighted by Gasteiger charge is -2.24. The largest absolute Gasteiger partial charge is 0.394 e. The Balaban J connectivity index is 1.66. The quantitative estimate of drug-likeness (QED) is 0.0729. The summed E-state index contributed by atoms with van der Waals surface area (Å²) < 4.78 is 0. The molecule has 0 saturated heterocycles. The molecule has 5 atom stereocenters. The standard InChI is InChI=1S/C32H42N6O6S2/c1-3-9-29(41)36-27(32(44)37-25(17-39)20(2)40)19-46-45-18-26(30(33)42)38-31(43)24(16-21-10-5-4-6-11-21)35-28-15-14-22-12-7-8-13-23(22)34-28/h4-8,10-15,20,24-27,39-40H,3,9,16-19H2,1-2H3,(H2,33,42)(H,34,35)(H,36,41)(H,37,44)(H,38,43). The molecule has 5 unspecified atom stereocenters. The van der Waals surface area contributed by atoms with Crippen LogP contribution in [0.25, 0.3) is 10.9 Å². The minimum absolute atomic E-state index is 0.0994. The molecule has 0 spiro atoms. The maximum Gasteiger partial charge on any atom is 0.243 e. The number of aromatic nitrogens is 1. The minimum Gasteiger partial charge on any atom is -0.394 e. The number of amides is 4. The van der Waals surface area contributed by atoms with Gasteiger partial charge in [-0.05, 0) is 37.1 Å². The Morgan fingerprint density at radius 1 is 0.848 bits per heavy atom. The number of anilines is 1. The van der Waals surface area contributed by atoms with Crippen LogP contribution in [0.15, 0.2) is 66.7 Å². The van der Waals surface area contributed by atoms with Crippen LogP contribution in [-0.4, -0.2) is 87.2 Å². The van der Waals surface area contributed by atoms with Gasteiger partial charge in [0.05, 0.1) is 24.3 Å². The van der Waals surface area contributed by atoms with Gasteiger partial charge in [-0.3, -0.25) is 19.2 Å². The van der Waals surface area contributed by atoms with Crippen molar-refractivity contribution in [2.24, 2.45) is 5.73 Å². The van der Waals surface area contributed by atoms with E-state index in [9.17, 15) is 29.4 Å². The molecule has 14 heteroatoms. The molecule has 248 valence electrons. The Hall–Kier alpha value is -3.85. The fourth-order valence-corrected chi connectivity index (χ4v) is 6.70. The smallest absolute Gasteiger partial charge is 0.243 e. The van der Waals surface area contributed by atoms with Crippen molar-refractivity contribution in [1.82, 2.24) is 20.9 Å². The number of aliphatic hydroxyl groups is 2. The molecule has 4 amide bonds. The van der Waals surface area contributed by atoms with E-state index in [1.807, 2.05) is 67.6 Å². The molecule has 12 nitrogen and oxygen atoms in total. The van der Waals surface area contributed by atoms with Crippen LogP contribution >= 0.6 is 21.6 Å². The average molecular weight is 671 g/mol. The van der Waals surface area contributed by atoms with Gasteiger partial charge in [-0.15, -0.1) is 0 Å². The molecule has 2 aromatic carbocycles. The molecule has 0 bridgehead atoms. The number of nitrogens with one attached hydrogen (secondary N) is 4. The second-order valence-electron chi connectivity index (χ2n) is 10.7. The minimum atomic E-state index is -1.02. The van der Waals surface area contributed by atoms with Gasteiger partial charge in [0, 0.05) is 29.7 Å². The number of pyridine rings is 1. The highest BCUT2D eigenvalue weighted by atomic mass is 33.1. The SMILES string of the molecule is CCCC(=O)NC(CSSCC(NC(=O)C(Cc1ccccc1)Nc1ccc2ccccc2n1)C(N)=O)C(=O)NC(CO)C(C)O. The van der Waals surface area contributed by atoms with E-state index in [0.29, 0.717) is 18.7 Å². The summed E-state index contributed by atoms with van der Waals surface area (Å²) in [6, 6.07) is 17.1. The summed E-state index contributed by atoms with van der Waals surface area (Å²) in [6.45, 7) is 2.80. The number of aliphatic hydroxyl groups excluding tert-OH is 2. The number of carbonyl (C=O) groups is 4. The van der Waals surface area contributed by atoms with Gasteiger partial charge in [-0.25, -0.2) is 4.98 Å². The van der Waals surface area contributed by atoms with E-state index in [-0.39, 0.29) is 23.8 Å². The van der Waals surface area contributed by atoms with Gasteiger partial charge < -0.3 is 37.2 Å². The Bertz CT molecular complexity index is 1450. The highest BCUT2D eigenvalue weighted by Crippen LogP contribution is 2.24. The molecule has 0 saturated carbocycles. The third kappa shape index (κ3) is 11.8. The normalized spacial score (nSPS) is 14.3. The van der Waals surface area contributed by atoms with E-state index in [0.717, 1.165) is 16.5 Å². The van der Waals surface area contributed by atoms with Crippen LogP contribution in [0, 0.1) is 0 Å². The summed E-state index contributed by atoms with van der Waals surface area (Å²) in [6.07, 6.45) is 0.139. The number of hydrogen-bond donors (Lipinski definition) is 7. The molecule has 3 rings (SSSR count). The zero-order chi connectivity index (χ0) is 33.5. The van der Waals surface area contributed by atoms with Crippen molar-refractivity contribution < 1.29 is 29.4 Å². The van der Waals surface area contributed by atoms with Crippen LogP contribution in [0.3, 0.4) is 0 Å². The predicted molar refractivity (Wildman–Crippen MR) is 183 cm³/mol. The van der Waals surface area contributed by atoms with E-state index in [4.69, 9.17) is 5.73 Å². The lowest BCUT2D eigenvalue weighted by molar-refractivity contribution is -0.129. The maximum absolute atomic E-state index is 13.6. The van der Waals surface area contributed by atoms with Crippen molar-refractivity contribution in [3.05, 3.63) is 72.3 Å². The van der Waals surface area contributed by atoms with Crippen molar-refractivity contribution in [2.75, 3.05) is 23.4 Å². The molecular formula is C32H42N6O6S2. The topological polar surface area (TPSA) is 196 Å². The van der Waals surface area contributed by atoms with Gasteiger partial charge in [-0.2, -0.15) is 0 Å². The molecular weight excluding hydrogens is 629 g/mol. The molecule has 8 N–H and O–H groups in total. The summed E-state index contributed by atoms with van der Waals surface area (Å²) >= 11 is 0. The summed E-state index contributed by atoms with van der Waals surface area (Å²) in [7, 11) is 2.42. The third-order valence-electron chi connectivity index (χ3n) is 6.97. The lowest BCUT2D eigenvalue weighted by atomic mass is 10.0. The molecule has 3 aromatic rings. The first kappa shape index (κ1) is 36.6. The number of primary amides is 1. The van der Waals surface area contributed by atoms with E-state index < -0.39 is 54.6 Å². The molecule has 0 fully saturated rings. The monoisotopic (exact) mass is 670 g/mol. The highest BCUT2D eigenvalue weighted by molar-refractivity contribution is 8.76. The van der Waals surface area contributed by atoms with Gasteiger partial charge in [0.2, 0.25) is 23.6 Å². The van der Waals surface area contributed by atoms with Gasteiger partial charge >= 0.3 is 0 Å². The summed E-state index contributed by atoms with van der Waals surface area (Å²) in [5.74, 6) is -1.32. The van der Waals surface area contributed by atoms with Crippen LogP contribution in [0.2, 0.25) is 0 Å². The Morgan fingerprint density at radius 2 is 1.50 bits per heavy atom. The van der Waals surface area contributed by atoms with E-state index in [1.165, 1.54) is 28.5 Å². The molecule has 0 aliphatic carbocycles. The number of nitrogens with zero attached hydrogens (tertiary/aromatic N) is 1. The zero-order valence-corrected chi connectivity index (χ0v) is 27.5. The summed E-state index contributed by atoms with van der Waals surface area (Å²) in [4.78, 5) is 55.7. The number of para-hydroxylation sites is 1. The fourth-order valence-electron chi connectivity index (χ4n) is 4.36. The molecule has 46 heavy (non-hydrogen) atoms. The molecule has 1 aromatic heterocycles. The first-order valence-electron chi connectivity index (χ1n) is 15.0. The van der Waals surface area contributed by atoms with Crippen LogP contribution in [0.4, 0.5) is 5.82 Å². The molecule has 0 aliphatic heterocycles. The van der Waals surface area contributed by atoms with Gasteiger partial charge in [0.1, 0.15) is 23.9 Å². The number of hydrogen-bond acceptors (Lipinski definition) is 10. The highest BCUT2D eigenvalue weighted by Gasteiger charge is 2.27. The van der Waals surface area contributed by atoms with Gasteiger partial charge in [0.15, 0.2) is 0 Å². The molecule has 1 heterocycles. The van der Waals surface area contributed by atoms with Gasteiger partial charge in [-0.1, -0.05) is 77.0 Å². The first-order chi connectivity index (χ1) is 22.1. The lowest BCUT2D eigenvalue weighted by Crippen LogP contribution is -2.54. The van der Waals surface area contributed by atoms with Crippen LogP contribution < -0.4 is 27.0 Å². The third-order valence-corrected chi connectivity index (χ3v) is 9.39. The van der Waals surface area contributed by atoms with E-state index in [2.05, 4.69) is 26.3 Å². The first-order valence-corrected chi connectivity index (χ1v) is 17.5. The maximum atomic E-state index is 13.6. The summed E-state index contributed by atoms with van der Waals surface area (Å²) in [5, 5.41) is 31.4. The Kier molecular flexibility index (Phi) is 15.1. The zero-order valence-electron chi connectivity index (χ0n) is 25.8. The van der Waals surface area contributed by atoms with Crippen LogP contribution in [0.5, 0.6) is 0 Å². The van der Waals surface area contributed by atoms with Crippen molar-refractivity contribution in [3.63, 3.8) is 0 Å². The number of rotatable bonds is 19. The van der Waals surface area contributed by atoms with E-state index in [1.54, 1.807) is 6.07 Å². The van der Waals surface area contributed by atoms with Crippen molar-refractivity contribution in [3.8, 4) is 0 Å². The van der Waals surface area contributed by atoms with Crippen molar-refractivity contribution in [1.29, 1.82) is 0 Å².